The zero-order chi connectivity index (χ0) is 19.9. The van der Waals surface area contributed by atoms with Crippen molar-refractivity contribution >= 4 is 17.4 Å². The molecule has 0 atom stereocenters. The van der Waals surface area contributed by atoms with Gasteiger partial charge in [0.15, 0.2) is 0 Å². The number of nitrogens with zero attached hydrogens (tertiary/aromatic N) is 1. The second-order valence-electron chi connectivity index (χ2n) is 6.29. The molecule has 0 aliphatic carbocycles. The van der Waals surface area contributed by atoms with Crippen LogP contribution in [0.3, 0.4) is 0 Å². The Morgan fingerprint density at radius 2 is 1.79 bits per heavy atom. The molecule has 0 spiro atoms. The predicted octanol–water partition coefficient (Wildman–Crippen LogP) is 4.27. The summed E-state index contributed by atoms with van der Waals surface area (Å²) in [5, 5.41) is 6.11. The van der Waals surface area contributed by atoms with Gasteiger partial charge in [0.25, 0.3) is 5.91 Å². The van der Waals surface area contributed by atoms with Gasteiger partial charge in [0, 0.05) is 24.4 Å². The monoisotopic (exact) mass is 377 g/mol. The summed E-state index contributed by atoms with van der Waals surface area (Å²) >= 11 is 0. The molecule has 0 aliphatic heterocycles. The maximum Gasteiger partial charge on any atom is 0.255 e. The number of methoxy groups -OCH3 is 2. The lowest BCUT2D eigenvalue weighted by atomic mass is 10.1. The molecule has 0 fully saturated rings. The van der Waals surface area contributed by atoms with E-state index in [9.17, 15) is 4.79 Å². The minimum Gasteiger partial charge on any atom is -0.497 e. The minimum atomic E-state index is -0.246. The average Bonchev–Trinajstić information content (AvgIpc) is 2.73. The highest BCUT2D eigenvalue weighted by molar-refractivity contribution is 6.05. The summed E-state index contributed by atoms with van der Waals surface area (Å²) < 4.78 is 10.5. The fourth-order valence-corrected chi connectivity index (χ4v) is 2.66. The molecule has 0 bridgehead atoms. The van der Waals surface area contributed by atoms with Crippen LogP contribution < -0.4 is 20.1 Å². The third-order valence-electron chi connectivity index (χ3n) is 4.27. The van der Waals surface area contributed by atoms with E-state index in [4.69, 9.17) is 9.47 Å². The minimum absolute atomic E-state index is 0.246. The van der Waals surface area contributed by atoms with E-state index in [0.717, 1.165) is 5.56 Å². The molecule has 0 radical (unpaired) electrons. The number of aryl methyl sites for hydroxylation is 1. The van der Waals surface area contributed by atoms with Crippen LogP contribution >= 0.6 is 0 Å². The number of benzene rings is 2. The number of hydrogen-bond donors (Lipinski definition) is 2. The van der Waals surface area contributed by atoms with Crippen molar-refractivity contribution in [1.29, 1.82) is 0 Å². The maximum atomic E-state index is 12.6. The molecule has 144 valence electrons. The number of nitrogens with one attached hydrogen (secondary N) is 2. The standard InChI is InChI=1S/C22H23N3O3/c1-15-4-6-16(7-5-15)14-24-21-12-17(10-11-23-21)22(26)25-19-9-8-18(27-2)13-20(19)28-3/h4-13H,14H2,1-3H3,(H,23,24)(H,25,26). The van der Waals surface area contributed by atoms with Gasteiger partial charge in [-0.05, 0) is 36.8 Å². The first kappa shape index (κ1) is 19.2. The molecule has 2 aromatic carbocycles. The van der Waals surface area contributed by atoms with E-state index >= 15 is 0 Å². The van der Waals surface area contributed by atoms with Crippen molar-refractivity contribution in [3.63, 3.8) is 0 Å². The van der Waals surface area contributed by atoms with Crippen LogP contribution in [0.1, 0.15) is 21.5 Å². The molecule has 3 rings (SSSR count). The molecular weight excluding hydrogens is 354 g/mol. The maximum absolute atomic E-state index is 12.6. The number of rotatable bonds is 7. The molecule has 0 unspecified atom stereocenters. The topological polar surface area (TPSA) is 72.5 Å². The van der Waals surface area contributed by atoms with Crippen molar-refractivity contribution in [2.45, 2.75) is 13.5 Å². The van der Waals surface area contributed by atoms with Crippen molar-refractivity contribution in [1.82, 2.24) is 4.98 Å². The Kier molecular flexibility index (Phi) is 6.11. The van der Waals surface area contributed by atoms with Gasteiger partial charge in [-0.25, -0.2) is 4.98 Å². The molecule has 2 N–H and O–H groups in total. The van der Waals surface area contributed by atoms with Gasteiger partial charge in [-0.3, -0.25) is 4.79 Å². The SMILES string of the molecule is COc1ccc(NC(=O)c2ccnc(NCc3ccc(C)cc3)c2)c(OC)c1. The van der Waals surface area contributed by atoms with Crippen molar-refractivity contribution in [2.75, 3.05) is 24.9 Å². The van der Waals surface area contributed by atoms with Crippen LogP contribution in [-0.2, 0) is 6.54 Å². The third kappa shape index (κ3) is 4.79. The zero-order valence-electron chi connectivity index (χ0n) is 16.2. The van der Waals surface area contributed by atoms with E-state index in [1.54, 1.807) is 50.7 Å². The normalized spacial score (nSPS) is 10.2. The Morgan fingerprint density at radius 3 is 2.50 bits per heavy atom. The summed E-state index contributed by atoms with van der Waals surface area (Å²) in [6.45, 7) is 2.68. The summed E-state index contributed by atoms with van der Waals surface area (Å²) in [6.07, 6.45) is 1.61. The molecule has 0 saturated heterocycles. The Morgan fingerprint density at radius 1 is 1.00 bits per heavy atom. The summed E-state index contributed by atoms with van der Waals surface area (Å²) in [7, 11) is 3.12. The fraction of sp³-hybridized carbons (Fsp3) is 0.182. The number of anilines is 2. The van der Waals surface area contributed by atoms with Gasteiger partial charge in [-0.1, -0.05) is 29.8 Å². The lowest BCUT2D eigenvalue weighted by Gasteiger charge is -2.12. The Hall–Kier alpha value is -3.54. The molecule has 1 aromatic heterocycles. The number of hydrogen-bond acceptors (Lipinski definition) is 5. The number of carbonyl (C=O) groups excluding carboxylic acids is 1. The quantitative estimate of drug-likeness (QED) is 0.643. The van der Waals surface area contributed by atoms with Crippen LogP contribution in [0.25, 0.3) is 0 Å². The second kappa shape index (κ2) is 8.90. The summed E-state index contributed by atoms with van der Waals surface area (Å²) in [5.74, 6) is 1.57. The summed E-state index contributed by atoms with van der Waals surface area (Å²) in [4.78, 5) is 16.9. The van der Waals surface area contributed by atoms with Gasteiger partial charge in [0.05, 0.1) is 19.9 Å². The largest absolute Gasteiger partial charge is 0.497 e. The Bertz CT molecular complexity index is 955. The van der Waals surface area contributed by atoms with E-state index in [1.807, 2.05) is 0 Å². The number of ether oxygens (including phenoxy) is 2. The van der Waals surface area contributed by atoms with Gasteiger partial charge in [-0.2, -0.15) is 0 Å². The van der Waals surface area contributed by atoms with Crippen LogP contribution in [0.15, 0.2) is 60.8 Å². The lowest BCUT2D eigenvalue weighted by Crippen LogP contribution is -2.13. The lowest BCUT2D eigenvalue weighted by molar-refractivity contribution is 0.102. The highest BCUT2D eigenvalue weighted by atomic mass is 16.5. The Balaban J connectivity index is 1.69. The average molecular weight is 377 g/mol. The van der Waals surface area contributed by atoms with Crippen molar-refractivity contribution in [3.8, 4) is 11.5 Å². The first-order chi connectivity index (χ1) is 13.6. The molecule has 28 heavy (non-hydrogen) atoms. The number of carbonyl (C=O) groups is 1. The number of pyridine rings is 1. The number of aromatic nitrogens is 1. The van der Waals surface area contributed by atoms with Crippen molar-refractivity contribution in [2.24, 2.45) is 0 Å². The van der Waals surface area contributed by atoms with E-state index in [1.165, 1.54) is 5.56 Å². The molecular formula is C22H23N3O3. The second-order valence-corrected chi connectivity index (χ2v) is 6.29. The van der Waals surface area contributed by atoms with E-state index in [2.05, 4.69) is 46.8 Å². The van der Waals surface area contributed by atoms with Crippen LogP contribution in [0.2, 0.25) is 0 Å². The smallest absolute Gasteiger partial charge is 0.255 e. The van der Waals surface area contributed by atoms with Gasteiger partial charge in [0.1, 0.15) is 17.3 Å². The van der Waals surface area contributed by atoms with E-state index in [0.29, 0.717) is 35.1 Å². The van der Waals surface area contributed by atoms with Gasteiger partial charge in [-0.15, -0.1) is 0 Å². The number of amides is 1. The molecule has 3 aromatic rings. The third-order valence-corrected chi connectivity index (χ3v) is 4.27. The van der Waals surface area contributed by atoms with E-state index in [-0.39, 0.29) is 5.91 Å². The van der Waals surface area contributed by atoms with Crippen LogP contribution in [0, 0.1) is 6.92 Å². The van der Waals surface area contributed by atoms with Crippen molar-refractivity contribution in [3.05, 3.63) is 77.5 Å². The highest BCUT2D eigenvalue weighted by Crippen LogP contribution is 2.29. The van der Waals surface area contributed by atoms with Crippen LogP contribution in [-0.4, -0.2) is 25.1 Å². The van der Waals surface area contributed by atoms with E-state index < -0.39 is 0 Å². The van der Waals surface area contributed by atoms with Gasteiger partial charge in [0.2, 0.25) is 0 Å². The molecule has 6 heteroatoms. The molecule has 0 saturated carbocycles. The van der Waals surface area contributed by atoms with Gasteiger partial charge >= 0.3 is 0 Å². The van der Waals surface area contributed by atoms with Crippen LogP contribution in [0.4, 0.5) is 11.5 Å². The summed E-state index contributed by atoms with van der Waals surface area (Å²) in [6, 6.07) is 16.9. The van der Waals surface area contributed by atoms with Crippen molar-refractivity contribution < 1.29 is 14.3 Å². The predicted molar refractivity (Wildman–Crippen MR) is 110 cm³/mol. The first-order valence-electron chi connectivity index (χ1n) is 8.88. The van der Waals surface area contributed by atoms with Gasteiger partial charge < -0.3 is 20.1 Å². The molecule has 1 amide bonds. The molecule has 1 heterocycles. The molecule has 0 aliphatic rings. The fourth-order valence-electron chi connectivity index (χ4n) is 2.66. The zero-order valence-corrected chi connectivity index (χ0v) is 16.2. The summed E-state index contributed by atoms with van der Waals surface area (Å²) in [5.41, 5.74) is 3.43. The highest BCUT2D eigenvalue weighted by Gasteiger charge is 2.11. The molecule has 6 nitrogen and oxygen atoms in total. The first-order valence-corrected chi connectivity index (χ1v) is 8.88. The Labute approximate surface area is 164 Å². The van der Waals surface area contributed by atoms with Crippen LogP contribution in [0.5, 0.6) is 11.5 Å².